The number of hydrogen-bond acceptors (Lipinski definition) is 4. The van der Waals surface area contributed by atoms with Crippen LogP contribution in [0, 0.1) is 0 Å². The Labute approximate surface area is 168 Å². The SMILES string of the molecule is CC(Sc1ccc(Cl)cc1)C(=O)Nc1nc(-c2ccc(Br)cc2)cs1. The van der Waals surface area contributed by atoms with Gasteiger partial charge in [-0.2, -0.15) is 0 Å². The van der Waals surface area contributed by atoms with Crippen molar-refractivity contribution in [2.45, 2.75) is 17.1 Å². The third kappa shape index (κ3) is 5.07. The first kappa shape index (κ1) is 18.5. The van der Waals surface area contributed by atoms with E-state index in [1.165, 1.54) is 23.1 Å². The molecule has 2 aromatic carbocycles. The number of benzene rings is 2. The van der Waals surface area contributed by atoms with E-state index in [0.717, 1.165) is 20.6 Å². The first-order valence-corrected chi connectivity index (χ1v) is 10.4. The summed E-state index contributed by atoms with van der Waals surface area (Å²) in [5, 5.41) is 5.88. The molecule has 25 heavy (non-hydrogen) atoms. The molecule has 7 heteroatoms. The fourth-order valence-electron chi connectivity index (χ4n) is 2.06. The molecule has 3 nitrogen and oxygen atoms in total. The van der Waals surface area contributed by atoms with E-state index in [0.29, 0.717) is 10.2 Å². The zero-order chi connectivity index (χ0) is 17.8. The predicted molar refractivity (Wildman–Crippen MR) is 111 cm³/mol. The number of hydrogen-bond donors (Lipinski definition) is 1. The molecule has 1 amide bonds. The predicted octanol–water partition coefficient (Wildman–Crippen LogP) is 6.35. The number of nitrogens with zero attached hydrogens (tertiary/aromatic N) is 1. The van der Waals surface area contributed by atoms with Crippen LogP contribution in [0.5, 0.6) is 0 Å². The van der Waals surface area contributed by atoms with Gasteiger partial charge < -0.3 is 5.32 Å². The van der Waals surface area contributed by atoms with Gasteiger partial charge in [0.25, 0.3) is 0 Å². The number of carbonyl (C=O) groups is 1. The number of rotatable bonds is 5. The lowest BCUT2D eigenvalue weighted by atomic mass is 10.2. The van der Waals surface area contributed by atoms with E-state index in [2.05, 4.69) is 26.2 Å². The minimum Gasteiger partial charge on any atom is -0.301 e. The van der Waals surface area contributed by atoms with Crippen molar-refractivity contribution in [1.29, 1.82) is 0 Å². The van der Waals surface area contributed by atoms with Gasteiger partial charge in [-0.3, -0.25) is 4.79 Å². The summed E-state index contributed by atoms with van der Waals surface area (Å²) in [5.41, 5.74) is 1.87. The number of thioether (sulfide) groups is 1. The van der Waals surface area contributed by atoms with Crippen LogP contribution in [0.25, 0.3) is 11.3 Å². The lowest BCUT2D eigenvalue weighted by molar-refractivity contribution is -0.115. The van der Waals surface area contributed by atoms with Crippen LogP contribution < -0.4 is 5.32 Å². The highest BCUT2D eigenvalue weighted by Gasteiger charge is 2.16. The van der Waals surface area contributed by atoms with Gasteiger partial charge in [-0.05, 0) is 43.3 Å². The molecule has 0 bridgehead atoms. The van der Waals surface area contributed by atoms with Crippen molar-refractivity contribution in [3.63, 3.8) is 0 Å². The van der Waals surface area contributed by atoms with Crippen LogP contribution in [0.15, 0.2) is 63.3 Å². The monoisotopic (exact) mass is 452 g/mol. The molecule has 0 aliphatic heterocycles. The van der Waals surface area contributed by atoms with Crippen molar-refractivity contribution in [2.24, 2.45) is 0 Å². The van der Waals surface area contributed by atoms with Gasteiger partial charge in [0.05, 0.1) is 10.9 Å². The molecule has 1 N–H and O–H groups in total. The normalized spacial score (nSPS) is 12.0. The summed E-state index contributed by atoms with van der Waals surface area (Å²) in [7, 11) is 0. The Balaban J connectivity index is 1.62. The molecule has 1 atom stereocenters. The number of thiazole rings is 1. The zero-order valence-corrected chi connectivity index (χ0v) is 17.2. The number of amides is 1. The molecule has 1 unspecified atom stereocenters. The summed E-state index contributed by atoms with van der Waals surface area (Å²) < 4.78 is 1.02. The molecule has 1 aromatic heterocycles. The average molecular weight is 454 g/mol. The van der Waals surface area contributed by atoms with Crippen molar-refractivity contribution in [2.75, 3.05) is 5.32 Å². The van der Waals surface area contributed by atoms with Crippen molar-refractivity contribution in [3.8, 4) is 11.3 Å². The van der Waals surface area contributed by atoms with Crippen LogP contribution >= 0.6 is 50.6 Å². The molecular weight excluding hydrogens is 440 g/mol. The molecule has 0 radical (unpaired) electrons. The second-order valence-electron chi connectivity index (χ2n) is 5.25. The molecule has 1 heterocycles. The Bertz CT molecular complexity index is 866. The topological polar surface area (TPSA) is 42.0 Å². The highest BCUT2D eigenvalue weighted by atomic mass is 79.9. The van der Waals surface area contributed by atoms with Gasteiger partial charge in [0.1, 0.15) is 0 Å². The second-order valence-corrected chi connectivity index (χ2v) is 8.87. The third-order valence-electron chi connectivity index (χ3n) is 3.37. The second kappa shape index (κ2) is 8.36. The van der Waals surface area contributed by atoms with Crippen LogP contribution in [-0.4, -0.2) is 16.1 Å². The maximum absolute atomic E-state index is 12.4. The Hall–Kier alpha value is -1.34. The zero-order valence-electron chi connectivity index (χ0n) is 13.2. The van der Waals surface area contributed by atoms with Crippen LogP contribution in [0.2, 0.25) is 5.02 Å². The molecule has 0 fully saturated rings. The summed E-state index contributed by atoms with van der Waals surface area (Å²) >= 11 is 12.2. The molecule has 3 aromatic rings. The van der Waals surface area contributed by atoms with E-state index < -0.39 is 0 Å². The average Bonchev–Trinajstić information content (AvgIpc) is 3.06. The minimum atomic E-state index is -0.235. The molecule has 0 aliphatic rings. The highest BCUT2D eigenvalue weighted by Crippen LogP contribution is 2.28. The first-order valence-electron chi connectivity index (χ1n) is 7.46. The Morgan fingerprint density at radius 3 is 2.56 bits per heavy atom. The van der Waals surface area contributed by atoms with Crippen molar-refractivity contribution in [3.05, 3.63) is 63.4 Å². The lowest BCUT2D eigenvalue weighted by Gasteiger charge is -2.10. The smallest absolute Gasteiger partial charge is 0.239 e. The maximum atomic E-state index is 12.4. The van der Waals surface area contributed by atoms with Crippen LogP contribution in [0.3, 0.4) is 0 Å². The largest absolute Gasteiger partial charge is 0.301 e. The van der Waals surface area contributed by atoms with Crippen LogP contribution in [0.4, 0.5) is 5.13 Å². The van der Waals surface area contributed by atoms with Gasteiger partial charge in [0.15, 0.2) is 5.13 Å². The maximum Gasteiger partial charge on any atom is 0.239 e. The van der Waals surface area contributed by atoms with Crippen molar-refractivity contribution < 1.29 is 4.79 Å². The number of anilines is 1. The summed E-state index contributed by atoms with van der Waals surface area (Å²) in [5.74, 6) is -0.0725. The van der Waals surface area contributed by atoms with E-state index in [-0.39, 0.29) is 11.2 Å². The summed E-state index contributed by atoms with van der Waals surface area (Å²) in [6.07, 6.45) is 0. The standard InChI is InChI=1S/C18H14BrClN2OS2/c1-11(25-15-8-6-14(20)7-9-15)17(23)22-18-21-16(10-24-18)12-2-4-13(19)5-3-12/h2-11H,1H3,(H,21,22,23). The van der Waals surface area contributed by atoms with Crippen molar-refractivity contribution in [1.82, 2.24) is 4.98 Å². The van der Waals surface area contributed by atoms with Gasteiger partial charge >= 0.3 is 0 Å². The van der Waals surface area contributed by atoms with E-state index in [9.17, 15) is 4.79 Å². The van der Waals surface area contributed by atoms with Crippen LogP contribution in [-0.2, 0) is 4.79 Å². The van der Waals surface area contributed by atoms with E-state index in [1.54, 1.807) is 0 Å². The fourth-order valence-corrected chi connectivity index (χ4v) is 4.04. The number of carbonyl (C=O) groups excluding carboxylic acids is 1. The Morgan fingerprint density at radius 1 is 1.20 bits per heavy atom. The van der Waals surface area contributed by atoms with Gasteiger partial charge in [-0.25, -0.2) is 4.98 Å². The Kier molecular flexibility index (Phi) is 6.17. The molecule has 0 aliphatic carbocycles. The third-order valence-corrected chi connectivity index (χ3v) is 6.02. The molecule has 0 spiro atoms. The number of halogens is 2. The van der Waals surface area contributed by atoms with Gasteiger partial charge in [-0.1, -0.05) is 39.7 Å². The van der Waals surface area contributed by atoms with Crippen LogP contribution in [0.1, 0.15) is 6.92 Å². The number of aromatic nitrogens is 1. The molecule has 0 saturated heterocycles. The number of nitrogens with one attached hydrogen (secondary N) is 1. The van der Waals surface area contributed by atoms with Gasteiger partial charge in [-0.15, -0.1) is 23.1 Å². The molecule has 0 saturated carbocycles. The van der Waals surface area contributed by atoms with Gasteiger partial charge in [0, 0.05) is 25.3 Å². The summed E-state index contributed by atoms with van der Waals surface area (Å²) in [6.45, 7) is 1.87. The Morgan fingerprint density at radius 2 is 1.88 bits per heavy atom. The molecular formula is C18H14BrClN2OS2. The summed E-state index contributed by atoms with van der Waals surface area (Å²) in [4.78, 5) is 17.9. The summed E-state index contributed by atoms with van der Waals surface area (Å²) in [6, 6.07) is 15.4. The molecule has 3 rings (SSSR count). The van der Waals surface area contributed by atoms with Crippen molar-refractivity contribution >= 4 is 61.7 Å². The molecule has 128 valence electrons. The van der Waals surface area contributed by atoms with E-state index in [1.807, 2.05) is 60.8 Å². The van der Waals surface area contributed by atoms with E-state index in [4.69, 9.17) is 11.6 Å². The minimum absolute atomic E-state index is 0.0725. The first-order chi connectivity index (χ1) is 12.0. The fraction of sp³-hybridized carbons (Fsp3) is 0.111. The quantitative estimate of drug-likeness (QED) is 0.458. The highest BCUT2D eigenvalue weighted by molar-refractivity contribution is 9.10. The van der Waals surface area contributed by atoms with E-state index >= 15 is 0 Å². The lowest BCUT2D eigenvalue weighted by Crippen LogP contribution is -2.22. The van der Waals surface area contributed by atoms with Gasteiger partial charge in [0.2, 0.25) is 5.91 Å².